The first kappa shape index (κ1) is 21.5. The van der Waals surface area contributed by atoms with Crippen molar-refractivity contribution in [2.75, 3.05) is 11.9 Å². The van der Waals surface area contributed by atoms with Crippen molar-refractivity contribution in [1.29, 1.82) is 0 Å². The minimum atomic E-state index is -0.456. The quantitative estimate of drug-likeness (QED) is 0.624. The summed E-state index contributed by atoms with van der Waals surface area (Å²) in [4.78, 5) is 31.8. The molecule has 0 spiro atoms. The van der Waals surface area contributed by atoms with Crippen LogP contribution < -0.4 is 5.32 Å². The maximum absolute atomic E-state index is 12.8. The SMILES string of the molecule is CCN1C(=O)[C@H](CC(=O)Nc2cccc(Cl)c2Cl)SC1=NC1CCCCCC1. The lowest BCUT2D eigenvalue weighted by Gasteiger charge is -2.16. The number of halogens is 2. The summed E-state index contributed by atoms with van der Waals surface area (Å²) in [6.07, 6.45) is 7.14. The Labute approximate surface area is 180 Å². The van der Waals surface area contributed by atoms with Gasteiger partial charge in [0, 0.05) is 13.0 Å². The van der Waals surface area contributed by atoms with Gasteiger partial charge in [-0.1, -0.05) is 66.7 Å². The van der Waals surface area contributed by atoms with Gasteiger partial charge in [0.15, 0.2) is 5.17 Å². The largest absolute Gasteiger partial charge is 0.325 e. The molecular formula is C20H25Cl2N3O2S. The van der Waals surface area contributed by atoms with Crippen LogP contribution in [0.2, 0.25) is 10.0 Å². The summed E-state index contributed by atoms with van der Waals surface area (Å²) in [6.45, 7) is 2.50. The Hall–Kier alpha value is -1.24. The molecule has 5 nitrogen and oxygen atoms in total. The first-order valence-corrected chi connectivity index (χ1v) is 11.4. The second-order valence-corrected chi connectivity index (χ2v) is 9.05. The van der Waals surface area contributed by atoms with E-state index in [0.717, 1.165) is 18.0 Å². The topological polar surface area (TPSA) is 61.8 Å². The van der Waals surface area contributed by atoms with Crippen LogP contribution in [0.15, 0.2) is 23.2 Å². The van der Waals surface area contributed by atoms with E-state index in [0.29, 0.717) is 22.3 Å². The maximum Gasteiger partial charge on any atom is 0.242 e. The Morgan fingerprint density at radius 2 is 1.96 bits per heavy atom. The summed E-state index contributed by atoms with van der Waals surface area (Å²) in [6, 6.07) is 5.35. The third-order valence-corrected chi connectivity index (χ3v) is 7.06. The van der Waals surface area contributed by atoms with Crippen LogP contribution in [-0.4, -0.2) is 39.7 Å². The number of hydrogen-bond acceptors (Lipinski definition) is 4. The zero-order chi connectivity index (χ0) is 20.1. The summed E-state index contributed by atoms with van der Waals surface area (Å²) in [7, 11) is 0. The molecule has 1 heterocycles. The maximum atomic E-state index is 12.8. The number of carbonyl (C=O) groups is 2. The second-order valence-electron chi connectivity index (χ2n) is 7.10. The van der Waals surface area contributed by atoms with Gasteiger partial charge in [-0.3, -0.25) is 19.5 Å². The Morgan fingerprint density at radius 3 is 2.64 bits per heavy atom. The van der Waals surface area contributed by atoms with Crippen LogP contribution >= 0.6 is 35.0 Å². The van der Waals surface area contributed by atoms with Crippen molar-refractivity contribution in [3.63, 3.8) is 0 Å². The van der Waals surface area contributed by atoms with E-state index in [1.54, 1.807) is 23.1 Å². The van der Waals surface area contributed by atoms with Crippen molar-refractivity contribution in [3.8, 4) is 0 Å². The highest BCUT2D eigenvalue weighted by molar-refractivity contribution is 8.15. The van der Waals surface area contributed by atoms with Crippen LogP contribution in [0, 0.1) is 0 Å². The normalized spacial score (nSPS) is 22.5. The molecule has 2 aliphatic rings. The van der Waals surface area contributed by atoms with Crippen molar-refractivity contribution in [2.24, 2.45) is 4.99 Å². The molecule has 1 aromatic carbocycles. The van der Waals surface area contributed by atoms with E-state index in [1.165, 1.54) is 37.4 Å². The molecular weight excluding hydrogens is 417 g/mol. The fraction of sp³-hybridized carbons (Fsp3) is 0.550. The molecule has 1 aliphatic carbocycles. The Balaban J connectivity index is 1.66. The Morgan fingerprint density at radius 1 is 1.25 bits per heavy atom. The Kier molecular flexibility index (Phi) is 7.66. The highest BCUT2D eigenvalue weighted by Crippen LogP contribution is 2.33. The zero-order valence-corrected chi connectivity index (χ0v) is 18.2. The molecule has 28 heavy (non-hydrogen) atoms. The molecule has 152 valence electrons. The minimum absolute atomic E-state index is 0.0489. The van der Waals surface area contributed by atoms with Crippen LogP contribution in [0.25, 0.3) is 0 Å². The van der Waals surface area contributed by atoms with Crippen LogP contribution in [0.1, 0.15) is 51.9 Å². The van der Waals surface area contributed by atoms with Crippen LogP contribution in [-0.2, 0) is 9.59 Å². The summed E-state index contributed by atoms with van der Waals surface area (Å²) in [5, 5.41) is 3.74. The van der Waals surface area contributed by atoms with E-state index in [4.69, 9.17) is 28.2 Å². The summed E-state index contributed by atoms with van der Waals surface area (Å²) < 4.78 is 0. The van der Waals surface area contributed by atoms with Gasteiger partial charge < -0.3 is 5.32 Å². The van der Waals surface area contributed by atoms with Gasteiger partial charge in [-0.2, -0.15) is 0 Å². The molecule has 0 radical (unpaired) electrons. The number of hydrogen-bond donors (Lipinski definition) is 1. The van der Waals surface area contributed by atoms with Gasteiger partial charge in [0.1, 0.15) is 5.25 Å². The molecule has 0 bridgehead atoms. The van der Waals surface area contributed by atoms with E-state index in [1.807, 2.05) is 6.92 Å². The first-order chi connectivity index (χ1) is 13.5. The lowest BCUT2D eigenvalue weighted by atomic mass is 10.1. The smallest absolute Gasteiger partial charge is 0.242 e. The van der Waals surface area contributed by atoms with Crippen molar-refractivity contribution in [3.05, 3.63) is 28.2 Å². The highest BCUT2D eigenvalue weighted by Gasteiger charge is 2.38. The number of nitrogens with one attached hydrogen (secondary N) is 1. The highest BCUT2D eigenvalue weighted by atomic mass is 35.5. The number of amides is 2. The fourth-order valence-electron chi connectivity index (χ4n) is 3.54. The molecule has 1 atom stereocenters. The average Bonchev–Trinajstić information content (AvgIpc) is 2.83. The van der Waals surface area contributed by atoms with Crippen molar-refractivity contribution in [2.45, 2.75) is 63.2 Å². The summed E-state index contributed by atoms with van der Waals surface area (Å²) in [5.74, 6) is -0.311. The van der Waals surface area contributed by atoms with Crippen LogP contribution in [0.4, 0.5) is 5.69 Å². The third-order valence-electron chi connectivity index (χ3n) is 5.05. The van der Waals surface area contributed by atoms with Crippen molar-refractivity contribution < 1.29 is 9.59 Å². The number of aliphatic imine (C=N–C) groups is 1. The van der Waals surface area contributed by atoms with E-state index < -0.39 is 5.25 Å². The van der Waals surface area contributed by atoms with Crippen molar-refractivity contribution in [1.82, 2.24) is 4.90 Å². The van der Waals surface area contributed by atoms with E-state index >= 15 is 0 Å². The second kappa shape index (κ2) is 9.99. The third kappa shape index (κ3) is 5.22. The van der Waals surface area contributed by atoms with Crippen LogP contribution in [0.5, 0.6) is 0 Å². The molecule has 0 unspecified atom stereocenters. The van der Waals surface area contributed by atoms with Gasteiger partial charge in [0.2, 0.25) is 11.8 Å². The molecule has 8 heteroatoms. The number of anilines is 1. The zero-order valence-electron chi connectivity index (χ0n) is 15.9. The number of benzene rings is 1. The lowest BCUT2D eigenvalue weighted by molar-refractivity contribution is -0.128. The summed E-state index contributed by atoms with van der Waals surface area (Å²) >= 11 is 13.5. The first-order valence-electron chi connectivity index (χ1n) is 9.79. The molecule has 0 aromatic heterocycles. The number of rotatable bonds is 5. The molecule has 3 rings (SSSR count). The van der Waals surface area contributed by atoms with Crippen molar-refractivity contribution >= 4 is 57.6 Å². The van der Waals surface area contributed by atoms with Gasteiger partial charge in [-0.15, -0.1) is 0 Å². The predicted molar refractivity (Wildman–Crippen MR) is 117 cm³/mol. The number of amidine groups is 1. The number of carbonyl (C=O) groups excluding carboxylic acids is 2. The van der Waals surface area contributed by atoms with Gasteiger partial charge in [0.25, 0.3) is 0 Å². The minimum Gasteiger partial charge on any atom is -0.325 e. The van der Waals surface area contributed by atoms with Gasteiger partial charge in [-0.05, 0) is 31.9 Å². The van der Waals surface area contributed by atoms with Gasteiger partial charge >= 0.3 is 0 Å². The fourth-order valence-corrected chi connectivity index (χ4v) is 5.16. The molecule has 2 fully saturated rings. The molecule has 2 amide bonds. The van der Waals surface area contributed by atoms with E-state index in [9.17, 15) is 9.59 Å². The predicted octanol–water partition coefficient (Wildman–Crippen LogP) is 5.36. The molecule has 1 aliphatic heterocycles. The summed E-state index contributed by atoms with van der Waals surface area (Å²) in [5.41, 5.74) is 0.453. The monoisotopic (exact) mass is 441 g/mol. The molecule has 1 N–H and O–H groups in total. The van der Waals surface area contributed by atoms with Gasteiger partial charge in [-0.25, -0.2) is 0 Å². The van der Waals surface area contributed by atoms with Crippen LogP contribution in [0.3, 0.4) is 0 Å². The van der Waals surface area contributed by atoms with Gasteiger partial charge in [0.05, 0.1) is 21.8 Å². The lowest BCUT2D eigenvalue weighted by Crippen LogP contribution is -2.33. The molecule has 1 aromatic rings. The van der Waals surface area contributed by atoms with E-state index in [2.05, 4.69) is 5.32 Å². The number of nitrogens with zero attached hydrogens (tertiary/aromatic N) is 2. The standard InChI is InChI=1S/C20H25Cl2N3O2S/c1-2-25-19(27)16(28-20(25)23-13-8-5-3-4-6-9-13)12-17(26)24-15-11-7-10-14(21)18(15)22/h7,10-11,13,16H,2-6,8-9,12H2,1H3,(H,24,26)/t16-/m0/s1. The van der Waals surface area contributed by atoms with E-state index in [-0.39, 0.29) is 24.3 Å². The number of thioether (sulfide) groups is 1. The molecule has 1 saturated carbocycles. The Bertz CT molecular complexity index is 764. The molecule has 1 saturated heterocycles. The average molecular weight is 442 g/mol.